The summed E-state index contributed by atoms with van der Waals surface area (Å²) < 4.78 is 5.33. The molecule has 4 nitrogen and oxygen atoms in total. The maximum absolute atomic E-state index is 11.2. The molecule has 2 unspecified atom stereocenters. The fourth-order valence-corrected chi connectivity index (χ4v) is 4.97. The average molecular weight is 659 g/mol. The molecule has 252 valence electrons. The Morgan fingerprint density at radius 2 is 0.960 bits per heavy atom. The fourth-order valence-electron chi connectivity index (χ4n) is 4.97. The first-order valence-electron chi connectivity index (χ1n) is 16.9. The Kier molecular flexibility index (Phi) is 16.2. The van der Waals surface area contributed by atoms with Gasteiger partial charge in [0.25, 0.3) is 0 Å². The van der Waals surface area contributed by atoms with Crippen molar-refractivity contribution in [3.63, 3.8) is 0 Å². The van der Waals surface area contributed by atoms with Gasteiger partial charge >= 0.3 is 5.97 Å². The van der Waals surface area contributed by atoms with Gasteiger partial charge in [-0.3, -0.25) is 4.79 Å². The molecule has 0 aliphatic heterocycles. The number of ether oxygens (including phenoxy) is 1. The van der Waals surface area contributed by atoms with E-state index in [2.05, 4.69) is 96.3 Å². The van der Waals surface area contributed by atoms with Crippen LogP contribution in [-0.2, 0) is 22.6 Å². The number of nitrogens with two attached hydrogens (primary N) is 1. The van der Waals surface area contributed by atoms with Crippen molar-refractivity contribution in [1.29, 1.82) is 0 Å². The van der Waals surface area contributed by atoms with Crippen LogP contribution in [0.4, 0.5) is 0 Å². The molecular weight excluding hydrogens is 613 g/mol. The Hall–Kier alpha value is -5.81. The second kappa shape index (κ2) is 21.9. The summed E-state index contributed by atoms with van der Waals surface area (Å²) in [6, 6.07) is 61.3. The van der Waals surface area contributed by atoms with Crippen molar-refractivity contribution < 1.29 is 9.53 Å². The molecule has 50 heavy (non-hydrogen) atoms. The SMILES string of the molecule is C(=C\C(NCc1ccccc1)c1ccccc1)/c1ccccc1.CC(=O)OC(/C=C/c1ccccc1)c1ccccc1.NCc1ccccc1. The van der Waals surface area contributed by atoms with E-state index in [-0.39, 0.29) is 18.1 Å². The number of benzene rings is 6. The first-order valence-corrected chi connectivity index (χ1v) is 16.9. The van der Waals surface area contributed by atoms with Gasteiger partial charge in [-0.2, -0.15) is 0 Å². The van der Waals surface area contributed by atoms with Crippen LogP contribution in [0.2, 0.25) is 0 Å². The molecule has 0 bridgehead atoms. The van der Waals surface area contributed by atoms with Crippen LogP contribution in [0.25, 0.3) is 12.2 Å². The molecule has 0 saturated heterocycles. The molecular formula is C46H46N2O2. The number of esters is 1. The van der Waals surface area contributed by atoms with Crippen molar-refractivity contribution in [3.8, 4) is 0 Å². The lowest BCUT2D eigenvalue weighted by Gasteiger charge is -2.16. The van der Waals surface area contributed by atoms with Gasteiger partial charge in [-0.05, 0) is 39.5 Å². The number of carbonyl (C=O) groups is 1. The summed E-state index contributed by atoms with van der Waals surface area (Å²) >= 11 is 0. The first-order chi connectivity index (χ1) is 24.6. The number of hydrogen-bond donors (Lipinski definition) is 2. The normalized spacial score (nSPS) is 11.8. The Bertz CT molecular complexity index is 1810. The third-order valence-corrected chi connectivity index (χ3v) is 7.57. The van der Waals surface area contributed by atoms with Crippen molar-refractivity contribution in [2.45, 2.75) is 32.2 Å². The van der Waals surface area contributed by atoms with Crippen LogP contribution in [0, 0.1) is 0 Å². The predicted molar refractivity (Wildman–Crippen MR) is 209 cm³/mol. The Labute approximate surface area is 297 Å². The maximum Gasteiger partial charge on any atom is 0.303 e. The van der Waals surface area contributed by atoms with Crippen molar-refractivity contribution >= 4 is 18.1 Å². The van der Waals surface area contributed by atoms with Crippen molar-refractivity contribution in [3.05, 3.63) is 228 Å². The van der Waals surface area contributed by atoms with Crippen LogP contribution in [-0.4, -0.2) is 5.97 Å². The number of rotatable bonds is 11. The average Bonchev–Trinajstić information content (AvgIpc) is 3.19. The van der Waals surface area contributed by atoms with Gasteiger partial charge in [0.1, 0.15) is 6.10 Å². The van der Waals surface area contributed by atoms with E-state index in [1.54, 1.807) is 0 Å². The topological polar surface area (TPSA) is 64.3 Å². The molecule has 0 aromatic heterocycles. The largest absolute Gasteiger partial charge is 0.453 e. The molecule has 6 rings (SSSR count). The van der Waals surface area contributed by atoms with Crippen molar-refractivity contribution in [2.24, 2.45) is 5.73 Å². The number of carbonyl (C=O) groups excluding carboxylic acids is 1. The van der Waals surface area contributed by atoms with Crippen molar-refractivity contribution in [2.75, 3.05) is 0 Å². The molecule has 3 N–H and O–H groups in total. The predicted octanol–water partition coefficient (Wildman–Crippen LogP) is 10.4. The van der Waals surface area contributed by atoms with Gasteiger partial charge in [-0.1, -0.05) is 200 Å². The fraction of sp³-hybridized carbons (Fsp3) is 0.109. The summed E-state index contributed by atoms with van der Waals surface area (Å²) in [6.07, 6.45) is 7.91. The zero-order chi connectivity index (χ0) is 35.1. The molecule has 0 spiro atoms. The highest BCUT2D eigenvalue weighted by molar-refractivity contribution is 5.67. The van der Waals surface area contributed by atoms with Crippen LogP contribution in [0.3, 0.4) is 0 Å². The quantitative estimate of drug-likeness (QED) is 0.136. The highest BCUT2D eigenvalue weighted by atomic mass is 16.5. The van der Waals surface area contributed by atoms with E-state index in [0.29, 0.717) is 6.54 Å². The van der Waals surface area contributed by atoms with E-state index < -0.39 is 0 Å². The number of nitrogens with one attached hydrogen (secondary N) is 1. The van der Waals surface area contributed by atoms with Gasteiger partial charge in [-0.25, -0.2) is 0 Å². The van der Waals surface area contributed by atoms with Crippen LogP contribution < -0.4 is 11.1 Å². The van der Waals surface area contributed by atoms with E-state index in [9.17, 15) is 4.79 Å². The molecule has 2 atom stereocenters. The van der Waals surface area contributed by atoms with E-state index in [1.165, 1.54) is 29.2 Å². The van der Waals surface area contributed by atoms with Gasteiger partial charge in [0.15, 0.2) is 0 Å². The minimum Gasteiger partial charge on any atom is -0.453 e. The molecule has 4 heteroatoms. The molecule has 0 fully saturated rings. The van der Waals surface area contributed by atoms with E-state index in [4.69, 9.17) is 10.5 Å². The highest BCUT2D eigenvalue weighted by Crippen LogP contribution is 2.20. The Morgan fingerprint density at radius 1 is 0.560 bits per heavy atom. The van der Waals surface area contributed by atoms with E-state index >= 15 is 0 Å². The summed E-state index contributed by atoms with van der Waals surface area (Å²) in [5.41, 5.74) is 12.4. The lowest BCUT2D eigenvalue weighted by Crippen LogP contribution is -2.19. The third-order valence-electron chi connectivity index (χ3n) is 7.57. The lowest BCUT2D eigenvalue weighted by atomic mass is 10.0. The lowest BCUT2D eigenvalue weighted by molar-refractivity contribution is -0.144. The van der Waals surface area contributed by atoms with Gasteiger partial charge < -0.3 is 15.8 Å². The summed E-state index contributed by atoms with van der Waals surface area (Å²) in [7, 11) is 0. The molecule has 0 aliphatic carbocycles. The summed E-state index contributed by atoms with van der Waals surface area (Å²) in [6.45, 7) is 2.91. The zero-order valence-electron chi connectivity index (χ0n) is 28.6. The monoisotopic (exact) mass is 658 g/mol. The van der Waals surface area contributed by atoms with Crippen molar-refractivity contribution in [1.82, 2.24) is 5.32 Å². The van der Waals surface area contributed by atoms with Crippen LogP contribution in [0.1, 0.15) is 52.5 Å². The molecule has 0 aliphatic rings. The molecule has 6 aromatic carbocycles. The Balaban J connectivity index is 0.000000187. The smallest absolute Gasteiger partial charge is 0.303 e. The number of hydrogen-bond acceptors (Lipinski definition) is 4. The molecule has 0 radical (unpaired) electrons. The zero-order valence-corrected chi connectivity index (χ0v) is 28.6. The third kappa shape index (κ3) is 14.1. The minimum absolute atomic E-state index is 0.191. The maximum atomic E-state index is 11.2. The second-order valence-electron chi connectivity index (χ2n) is 11.4. The van der Waals surface area contributed by atoms with Gasteiger partial charge in [0, 0.05) is 20.0 Å². The molecule has 6 aromatic rings. The Morgan fingerprint density at radius 3 is 1.40 bits per heavy atom. The standard InChI is InChI=1S/C22H21N.C17H16O2.C7H9N/c1-4-10-19(11-5-1)16-17-22(21-14-8-3-9-15-21)23-18-20-12-6-2-7-13-20;1-14(18)19-17(16-10-6-3-7-11-16)13-12-15-8-4-2-5-9-15;8-6-7-4-2-1-3-5-7/h1-17,22-23H,18H2;2-13,17H,1H3;1-5H,6,8H2/b17-16+;13-12+;. The summed E-state index contributed by atoms with van der Waals surface area (Å²) in [4.78, 5) is 11.2. The van der Waals surface area contributed by atoms with Crippen LogP contribution >= 0.6 is 0 Å². The van der Waals surface area contributed by atoms with Gasteiger partial charge in [-0.15, -0.1) is 0 Å². The van der Waals surface area contributed by atoms with Gasteiger partial charge in [0.05, 0.1) is 6.04 Å². The molecule has 0 amide bonds. The van der Waals surface area contributed by atoms with Crippen LogP contribution in [0.15, 0.2) is 194 Å². The summed E-state index contributed by atoms with van der Waals surface area (Å²) in [5, 5.41) is 3.64. The second-order valence-corrected chi connectivity index (χ2v) is 11.4. The minimum atomic E-state index is -0.348. The summed E-state index contributed by atoms with van der Waals surface area (Å²) in [5.74, 6) is -0.286. The van der Waals surface area contributed by atoms with E-state index in [1.807, 2.05) is 115 Å². The molecule has 0 saturated carbocycles. The highest BCUT2D eigenvalue weighted by Gasteiger charge is 2.10. The van der Waals surface area contributed by atoms with E-state index in [0.717, 1.165) is 17.7 Å². The van der Waals surface area contributed by atoms with Gasteiger partial charge in [0.2, 0.25) is 0 Å². The molecule has 0 heterocycles. The first kappa shape index (κ1) is 37.0. The van der Waals surface area contributed by atoms with Crippen LogP contribution in [0.5, 0.6) is 0 Å².